The predicted octanol–water partition coefficient (Wildman–Crippen LogP) is 5.78. The molecule has 0 fully saturated rings. The summed E-state index contributed by atoms with van der Waals surface area (Å²) in [5.74, 6) is -0.0730. The van der Waals surface area contributed by atoms with Crippen LogP contribution < -0.4 is 4.74 Å². The Morgan fingerprint density at radius 1 is 1.09 bits per heavy atom. The molecule has 0 atom stereocenters. The summed E-state index contributed by atoms with van der Waals surface area (Å²) in [5, 5.41) is 1.08. The molecule has 0 N–H and O–H groups in total. The van der Waals surface area contributed by atoms with Gasteiger partial charge in [0, 0.05) is 5.02 Å². The first-order valence-corrected chi connectivity index (χ1v) is 7.39. The molecule has 1 aromatic heterocycles. The lowest BCUT2D eigenvalue weighted by Gasteiger charge is -2.11. The van der Waals surface area contributed by atoms with Crippen molar-refractivity contribution in [2.45, 2.75) is 6.43 Å². The van der Waals surface area contributed by atoms with Gasteiger partial charge in [-0.2, -0.15) is 4.98 Å². The summed E-state index contributed by atoms with van der Waals surface area (Å²) in [4.78, 5) is 7.66. The number of nitrogens with zero attached hydrogens (tertiary/aromatic N) is 2. The summed E-state index contributed by atoms with van der Waals surface area (Å²) in [7, 11) is 0. The smallest absolute Gasteiger partial charge is 0.297 e. The van der Waals surface area contributed by atoms with Crippen molar-refractivity contribution in [1.29, 1.82) is 0 Å². The maximum Gasteiger partial charge on any atom is 0.297 e. The van der Waals surface area contributed by atoms with E-state index in [9.17, 15) is 8.78 Å². The third-order valence-corrected chi connectivity index (χ3v) is 3.74. The van der Waals surface area contributed by atoms with Crippen LogP contribution in [-0.4, -0.2) is 9.97 Å². The Labute approximate surface area is 138 Å². The van der Waals surface area contributed by atoms with Gasteiger partial charge < -0.3 is 4.74 Å². The number of fused-ring (bicyclic) bond motifs is 1. The van der Waals surface area contributed by atoms with Gasteiger partial charge in [0.25, 0.3) is 6.43 Å². The van der Waals surface area contributed by atoms with Crippen LogP contribution in [0.5, 0.6) is 11.6 Å². The minimum Gasteiger partial charge on any atom is -0.437 e. The highest BCUT2D eigenvalue weighted by Crippen LogP contribution is 2.34. The van der Waals surface area contributed by atoms with E-state index in [0.29, 0.717) is 26.1 Å². The first-order valence-electron chi connectivity index (χ1n) is 6.22. The standard InChI is InChI=1S/C15H8BrClF2N2O/c16-10-7-8(17)5-6-12(10)22-15-9-3-1-2-4-11(9)20-14(21-15)13(18)19/h1-7,13H. The average molecular weight is 386 g/mol. The van der Waals surface area contributed by atoms with Crippen LogP contribution in [0.15, 0.2) is 46.9 Å². The van der Waals surface area contributed by atoms with Gasteiger partial charge in [0.05, 0.1) is 15.4 Å². The Hall–Kier alpha value is -1.79. The fourth-order valence-corrected chi connectivity index (χ4v) is 2.67. The van der Waals surface area contributed by atoms with Crippen LogP contribution in [0, 0.1) is 0 Å². The van der Waals surface area contributed by atoms with Crippen molar-refractivity contribution < 1.29 is 13.5 Å². The van der Waals surface area contributed by atoms with Crippen molar-refractivity contribution in [2.75, 3.05) is 0 Å². The number of rotatable bonds is 3. The summed E-state index contributed by atoms with van der Waals surface area (Å²) in [6.45, 7) is 0. The summed E-state index contributed by atoms with van der Waals surface area (Å²) in [6.07, 6.45) is -2.78. The molecule has 22 heavy (non-hydrogen) atoms. The fourth-order valence-electron chi connectivity index (χ4n) is 1.90. The second kappa shape index (κ2) is 6.14. The Bertz CT molecular complexity index is 845. The quantitative estimate of drug-likeness (QED) is 0.573. The molecule has 0 radical (unpaired) electrons. The largest absolute Gasteiger partial charge is 0.437 e. The normalized spacial score (nSPS) is 11.1. The number of hydrogen-bond acceptors (Lipinski definition) is 3. The molecule has 3 rings (SSSR count). The van der Waals surface area contributed by atoms with E-state index < -0.39 is 12.2 Å². The molecule has 0 saturated heterocycles. The zero-order valence-electron chi connectivity index (χ0n) is 10.9. The highest BCUT2D eigenvalue weighted by Gasteiger charge is 2.17. The number of aromatic nitrogens is 2. The van der Waals surface area contributed by atoms with Crippen LogP contribution in [0.25, 0.3) is 10.9 Å². The minimum absolute atomic E-state index is 0.0731. The third-order valence-electron chi connectivity index (χ3n) is 2.88. The lowest BCUT2D eigenvalue weighted by molar-refractivity contribution is 0.140. The Kier molecular flexibility index (Phi) is 4.22. The summed E-state index contributed by atoms with van der Waals surface area (Å²) in [5.41, 5.74) is 0.396. The molecule has 3 nitrogen and oxygen atoms in total. The van der Waals surface area contributed by atoms with Crippen LogP contribution in [-0.2, 0) is 0 Å². The summed E-state index contributed by atoms with van der Waals surface area (Å²) in [6, 6.07) is 11.7. The van der Waals surface area contributed by atoms with Gasteiger partial charge in [-0.3, -0.25) is 0 Å². The van der Waals surface area contributed by atoms with Gasteiger partial charge >= 0.3 is 0 Å². The first kappa shape index (κ1) is 15.1. The number of benzene rings is 2. The molecule has 2 aromatic carbocycles. The maximum absolute atomic E-state index is 12.9. The zero-order valence-corrected chi connectivity index (χ0v) is 13.3. The van der Waals surface area contributed by atoms with E-state index in [2.05, 4.69) is 25.9 Å². The summed E-state index contributed by atoms with van der Waals surface area (Å²) >= 11 is 9.19. The molecule has 0 saturated carbocycles. The fraction of sp³-hybridized carbons (Fsp3) is 0.0667. The highest BCUT2D eigenvalue weighted by molar-refractivity contribution is 9.10. The first-order chi connectivity index (χ1) is 10.5. The Morgan fingerprint density at radius 2 is 1.86 bits per heavy atom. The molecule has 1 heterocycles. The van der Waals surface area contributed by atoms with Crippen LogP contribution in [0.3, 0.4) is 0 Å². The molecule has 3 aromatic rings. The zero-order chi connectivity index (χ0) is 15.7. The molecule has 0 spiro atoms. The molecular formula is C15H8BrClF2N2O. The number of para-hydroxylation sites is 1. The number of halogens is 4. The van der Waals surface area contributed by atoms with Crippen LogP contribution >= 0.6 is 27.5 Å². The van der Waals surface area contributed by atoms with E-state index in [0.717, 1.165) is 0 Å². The van der Waals surface area contributed by atoms with Gasteiger partial charge in [0.2, 0.25) is 5.88 Å². The minimum atomic E-state index is -2.78. The third kappa shape index (κ3) is 3.03. The van der Waals surface area contributed by atoms with Crippen molar-refractivity contribution in [2.24, 2.45) is 0 Å². The topological polar surface area (TPSA) is 35.0 Å². The Balaban J connectivity index is 2.12. The number of ether oxygens (including phenoxy) is 1. The molecule has 0 amide bonds. The lowest BCUT2D eigenvalue weighted by atomic mass is 10.2. The predicted molar refractivity (Wildman–Crippen MR) is 83.7 cm³/mol. The van der Waals surface area contributed by atoms with E-state index in [-0.39, 0.29) is 5.88 Å². The second-order valence-electron chi connectivity index (χ2n) is 4.38. The Morgan fingerprint density at radius 3 is 2.59 bits per heavy atom. The van der Waals surface area contributed by atoms with Gasteiger partial charge in [-0.15, -0.1) is 0 Å². The molecule has 112 valence electrons. The molecule has 7 heteroatoms. The monoisotopic (exact) mass is 384 g/mol. The van der Waals surface area contributed by atoms with Gasteiger partial charge in [0.1, 0.15) is 5.75 Å². The van der Waals surface area contributed by atoms with E-state index in [4.69, 9.17) is 16.3 Å². The van der Waals surface area contributed by atoms with Crippen LogP contribution in [0.4, 0.5) is 8.78 Å². The van der Waals surface area contributed by atoms with Crippen LogP contribution in [0.1, 0.15) is 12.2 Å². The van der Waals surface area contributed by atoms with E-state index in [1.165, 1.54) is 0 Å². The van der Waals surface area contributed by atoms with E-state index in [1.807, 2.05) is 0 Å². The van der Waals surface area contributed by atoms with Crippen molar-refractivity contribution in [1.82, 2.24) is 9.97 Å². The summed E-state index contributed by atoms with van der Waals surface area (Å²) < 4.78 is 32.2. The van der Waals surface area contributed by atoms with Gasteiger partial charge in [-0.25, -0.2) is 13.8 Å². The molecule has 0 bridgehead atoms. The molecular weight excluding hydrogens is 378 g/mol. The average Bonchev–Trinajstić information content (AvgIpc) is 2.49. The number of alkyl halides is 2. The second-order valence-corrected chi connectivity index (χ2v) is 5.67. The molecule has 0 aliphatic heterocycles. The van der Waals surface area contributed by atoms with Crippen LogP contribution in [0.2, 0.25) is 5.02 Å². The van der Waals surface area contributed by atoms with E-state index >= 15 is 0 Å². The maximum atomic E-state index is 12.9. The van der Waals surface area contributed by atoms with Crippen molar-refractivity contribution in [3.8, 4) is 11.6 Å². The van der Waals surface area contributed by atoms with E-state index in [1.54, 1.807) is 42.5 Å². The van der Waals surface area contributed by atoms with Crippen molar-refractivity contribution >= 4 is 38.4 Å². The number of hydrogen-bond donors (Lipinski definition) is 0. The SMILES string of the molecule is FC(F)c1nc(Oc2ccc(Cl)cc2Br)c2ccccc2n1. The van der Waals surface area contributed by atoms with Gasteiger partial charge in [-0.05, 0) is 46.3 Å². The van der Waals surface area contributed by atoms with Crippen molar-refractivity contribution in [3.05, 3.63) is 57.8 Å². The van der Waals surface area contributed by atoms with Gasteiger partial charge in [-0.1, -0.05) is 23.7 Å². The van der Waals surface area contributed by atoms with Gasteiger partial charge in [0.15, 0.2) is 5.82 Å². The molecule has 0 aliphatic carbocycles. The molecule has 0 aliphatic rings. The van der Waals surface area contributed by atoms with Crippen molar-refractivity contribution in [3.63, 3.8) is 0 Å². The highest BCUT2D eigenvalue weighted by atomic mass is 79.9. The lowest BCUT2D eigenvalue weighted by Crippen LogP contribution is -1.99. The molecule has 0 unspecified atom stereocenters.